The highest BCUT2D eigenvalue weighted by Gasteiger charge is 2.17. The summed E-state index contributed by atoms with van der Waals surface area (Å²) < 4.78 is 6.12. The molecule has 0 bridgehead atoms. The van der Waals surface area contributed by atoms with Gasteiger partial charge in [0.1, 0.15) is 11.2 Å². The summed E-state index contributed by atoms with van der Waals surface area (Å²) in [4.78, 5) is 2.35. The van der Waals surface area contributed by atoms with Crippen LogP contribution in [0, 0.1) is 20.8 Å². The molecule has 63 heavy (non-hydrogen) atoms. The zero-order valence-corrected chi connectivity index (χ0v) is 37.5. The van der Waals surface area contributed by atoms with Gasteiger partial charge >= 0.3 is 0 Å². The molecule has 1 heterocycles. The Morgan fingerprint density at radius 1 is 0.302 bits per heavy atom. The Hall–Kier alpha value is -7.42. The number of anilines is 3. The van der Waals surface area contributed by atoms with Crippen molar-refractivity contribution in [3.05, 3.63) is 223 Å². The van der Waals surface area contributed by atoms with Gasteiger partial charge in [0.15, 0.2) is 0 Å². The number of hydrogen-bond acceptors (Lipinski definition) is 2. The van der Waals surface area contributed by atoms with Gasteiger partial charge in [-0.1, -0.05) is 179 Å². The van der Waals surface area contributed by atoms with E-state index in [0.29, 0.717) is 0 Å². The molecule has 2 nitrogen and oxygen atoms in total. The van der Waals surface area contributed by atoms with Crippen molar-refractivity contribution in [3.8, 4) is 55.6 Å². The molecule has 0 saturated carbocycles. The number of para-hydroxylation sites is 1. The van der Waals surface area contributed by atoms with Crippen LogP contribution in [0.1, 0.15) is 44.4 Å². The third-order valence-electron chi connectivity index (χ3n) is 11.9. The average Bonchev–Trinajstić information content (AvgIpc) is 3.73. The number of rotatable bonds is 8. The second kappa shape index (κ2) is 19.1. The number of benzene rings is 9. The Morgan fingerprint density at radius 2 is 0.714 bits per heavy atom. The van der Waals surface area contributed by atoms with Gasteiger partial charge in [0.2, 0.25) is 0 Å². The molecule has 0 spiro atoms. The van der Waals surface area contributed by atoms with E-state index in [2.05, 4.69) is 220 Å². The van der Waals surface area contributed by atoms with Crippen LogP contribution in [-0.4, -0.2) is 0 Å². The van der Waals surface area contributed by atoms with E-state index in [1.807, 2.05) is 39.8 Å². The minimum absolute atomic E-state index is 0.907. The fourth-order valence-electron chi connectivity index (χ4n) is 8.71. The summed E-state index contributed by atoms with van der Waals surface area (Å²) in [5.41, 5.74) is 21.2. The van der Waals surface area contributed by atoms with Gasteiger partial charge in [0, 0.05) is 27.8 Å². The van der Waals surface area contributed by atoms with Crippen molar-refractivity contribution < 1.29 is 4.42 Å². The quantitative estimate of drug-likeness (QED) is 0.152. The van der Waals surface area contributed by atoms with Gasteiger partial charge in [0.05, 0.1) is 0 Å². The highest BCUT2D eigenvalue weighted by molar-refractivity contribution is 6.06. The first kappa shape index (κ1) is 42.3. The Labute approximate surface area is 373 Å². The zero-order valence-electron chi connectivity index (χ0n) is 37.5. The predicted octanol–water partition coefficient (Wildman–Crippen LogP) is 18.4. The fraction of sp³-hybridized carbons (Fsp3) is 0.115. The van der Waals surface area contributed by atoms with E-state index in [0.717, 1.165) is 50.1 Å². The Kier molecular flexibility index (Phi) is 12.8. The molecule has 0 unspecified atom stereocenters. The molecule has 0 aliphatic carbocycles. The Morgan fingerprint density at radius 3 is 1.32 bits per heavy atom. The molecule has 0 saturated heterocycles. The SMILES string of the molecule is CC.CC.Cc1ccccc1-c1cccc(-c2cccc(-c3ccc(N(c4ccc(-c5ccccc5)cc4)c4ccc(-c5ccc6oc7ccccc7c6c5)cc4)cc3)c2C)c1C. The first-order valence-corrected chi connectivity index (χ1v) is 22.3. The van der Waals surface area contributed by atoms with E-state index < -0.39 is 0 Å². The second-order valence-electron chi connectivity index (χ2n) is 15.4. The summed E-state index contributed by atoms with van der Waals surface area (Å²) in [5.74, 6) is 0. The lowest BCUT2D eigenvalue weighted by Gasteiger charge is -2.26. The topological polar surface area (TPSA) is 16.4 Å². The maximum absolute atomic E-state index is 6.12. The molecule has 0 fully saturated rings. The van der Waals surface area contributed by atoms with Crippen molar-refractivity contribution >= 4 is 39.0 Å². The molecule has 310 valence electrons. The van der Waals surface area contributed by atoms with Crippen molar-refractivity contribution in [2.45, 2.75) is 48.5 Å². The number of hydrogen-bond donors (Lipinski definition) is 0. The normalized spacial score (nSPS) is 10.8. The predicted molar refractivity (Wildman–Crippen MR) is 272 cm³/mol. The lowest BCUT2D eigenvalue weighted by molar-refractivity contribution is 0.669. The molecule has 9 aromatic carbocycles. The van der Waals surface area contributed by atoms with E-state index in [1.165, 1.54) is 61.2 Å². The summed E-state index contributed by atoms with van der Waals surface area (Å²) in [6, 6.07) is 74.2. The van der Waals surface area contributed by atoms with Crippen molar-refractivity contribution in [1.82, 2.24) is 0 Å². The smallest absolute Gasteiger partial charge is 0.135 e. The molecular weight excluding hydrogens is 763 g/mol. The van der Waals surface area contributed by atoms with E-state index in [1.54, 1.807) is 0 Å². The molecule has 10 aromatic rings. The monoisotopic (exact) mass is 817 g/mol. The van der Waals surface area contributed by atoms with Crippen LogP contribution in [0.2, 0.25) is 0 Å². The molecule has 0 atom stereocenters. The van der Waals surface area contributed by atoms with Gasteiger partial charge in [-0.3, -0.25) is 0 Å². The van der Waals surface area contributed by atoms with E-state index in [-0.39, 0.29) is 0 Å². The first-order valence-electron chi connectivity index (χ1n) is 22.3. The van der Waals surface area contributed by atoms with Gasteiger partial charge in [-0.25, -0.2) is 0 Å². The largest absolute Gasteiger partial charge is 0.456 e. The summed E-state index contributed by atoms with van der Waals surface area (Å²) in [6.07, 6.45) is 0. The van der Waals surface area contributed by atoms with Gasteiger partial charge in [-0.05, 0) is 148 Å². The molecular formula is C61H55NO. The van der Waals surface area contributed by atoms with Crippen LogP contribution in [0.25, 0.3) is 77.6 Å². The summed E-state index contributed by atoms with van der Waals surface area (Å²) in [6.45, 7) is 14.7. The van der Waals surface area contributed by atoms with E-state index >= 15 is 0 Å². The zero-order chi connectivity index (χ0) is 43.9. The van der Waals surface area contributed by atoms with Crippen LogP contribution >= 0.6 is 0 Å². The van der Waals surface area contributed by atoms with Crippen LogP contribution in [0.3, 0.4) is 0 Å². The maximum Gasteiger partial charge on any atom is 0.135 e. The third-order valence-corrected chi connectivity index (χ3v) is 11.9. The average molecular weight is 818 g/mol. The number of nitrogens with zero attached hydrogens (tertiary/aromatic N) is 1. The van der Waals surface area contributed by atoms with Crippen LogP contribution in [0.4, 0.5) is 17.1 Å². The van der Waals surface area contributed by atoms with Crippen molar-refractivity contribution in [3.63, 3.8) is 0 Å². The molecule has 0 N–H and O–H groups in total. The van der Waals surface area contributed by atoms with Gasteiger partial charge < -0.3 is 9.32 Å². The number of fused-ring (bicyclic) bond motifs is 3. The standard InChI is InChI=1S/C57H43NO.2C2H6/c1-38-13-7-8-16-49(38)51-19-12-21-53(40(51)3)52-20-11-18-50(39(52)2)44-27-34-48(35-28-44)58(46-30-23-42(24-31-46)41-14-5-4-6-15-41)47-32-25-43(26-33-47)45-29-36-57-55(37-45)54-17-9-10-22-56(54)59-57;2*1-2/h4-37H,1-3H3;2*1-2H3. The third kappa shape index (κ3) is 8.46. The number of aryl methyl sites for hydroxylation is 1. The van der Waals surface area contributed by atoms with E-state index in [9.17, 15) is 0 Å². The van der Waals surface area contributed by atoms with Crippen molar-refractivity contribution in [1.29, 1.82) is 0 Å². The minimum atomic E-state index is 0.907. The van der Waals surface area contributed by atoms with Gasteiger partial charge in [0.25, 0.3) is 0 Å². The summed E-state index contributed by atoms with van der Waals surface area (Å²) >= 11 is 0. The van der Waals surface area contributed by atoms with Crippen molar-refractivity contribution in [2.24, 2.45) is 0 Å². The Bertz CT molecular complexity index is 3100. The van der Waals surface area contributed by atoms with Crippen LogP contribution < -0.4 is 4.90 Å². The fourth-order valence-corrected chi connectivity index (χ4v) is 8.71. The van der Waals surface area contributed by atoms with Gasteiger partial charge in [-0.2, -0.15) is 0 Å². The lowest BCUT2D eigenvalue weighted by atomic mass is 9.87. The first-order chi connectivity index (χ1) is 31.0. The van der Waals surface area contributed by atoms with E-state index in [4.69, 9.17) is 4.42 Å². The Balaban J connectivity index is 0.00000132. The second-order valence-corrected chi connectivity index (χ2v) is 15.4. The molecule has 2 heteroatoms. The molecule has 10 rings (SSSR count). The summed E-state index contributed by atoms with van der Waals surface area (Å²) in [5, 5.41) is 2.27. The lowest BCUT2D eigenvalue weighted by Crippen LogP contribution is -2.09. The molecule has 1 aromatic heterocycles. The number of furan rings is 1. The highest BCUT2D eigenvalue weighted by Crippen LogP contribution is 2.41. The van der Waals surface area contributed by atoms with Crippen molar-refractivity contribution in [2.75, 3.05) is 4.90 Å². The summed E-state index contributed by atoms with van der Waals surface area (Å²) in [7, 11) is 0. The molecule has 0 aliphatic rings. The molecule has 0 radical (unpaired) electrons. The van der Waals surface area contributed by atoms with Crippen LogP contribution in [0.15, 0.2) is 211 Å². The molecule has 0 aliphatic heterocycles. The maximum atomic E-state index is 6.12. The highest BCUT2D eigenvalue weighted by atomic mass is 16.3. The van der Waals surface area contributed by atoms with Crippen LogP contribution in [0.5, 0.6) is 0 Å². The minimum Gasteiger partial charge on any atom is -0.456 e. The molecule has 0 amide bonds. The van der Waals surface area contributed by atoms with Gasteiger partial charge in [-0.15, -0.1) is 0 Å². The van der Waals surface area contributed by atoms with Crippen LogP contribution in [-0.2, 0) is 0 Å².